The number of pyridine rings is 1. The molecule has 2 fully saturated rings. The molecule has 1 aromatic rings. The van der Waals surface area contributed by atoms with Gasteiger partial charge in [-0.05, 0) is 33.0 Å². The van der Waals surface area contributed by atoms with E-state index in [9.17, 15) is 13.2 Å². The van der Waals surface area contributed by atoms with E-state index in [-0.39, 0.29) is 17.0 Å². The molecule has 1 unspecified atom stereocenters. The zero-order chi connectivity index (χ0) is 18.9. The fourth-order valence-corrected chi connectivity index (χ4v) is 5.09. The molecule has 1 aromatic heterocycles. The number of rotatable bonds is 5. The van der Waals surface area contributed by atoms with Crippen LogP contribution in [-0.4, -0.2) is 75.5 Å². The molecule has 0 amide bonds. The predicted octanol–water partition coefficient (Wildman–Crippen LogP) is 0.738. The van der Waals surface area contributed by atoms with Crippen molar-refractivity contribution >= 4 is 16.0 Å². The van der Waals surface area contributed by atoms with Gasteiger partial charge in [-0.2, -0.15) is 4.31 Å². The van der Waals surface area contributed by atoms with Crippen molar-refractivity contribution in [1.82, 2.24) is 14.2 Å². The number of likely N-dealkylation sites (N-methyl/N-ethyl adjacent to an activating group) is 1. The van der Waals surface area contributed by atoms with Crippen LogP contribution in [-0.2, 0) is 19.6 Å². The number of ether oxygens (including phenoxy) is 2. The summed E-state index contributed by atoms with van der Waals surface area (Å²) in [6.45, 7) is 1.29. The van der Waals surface area contributed by atoms with E-state index >= 15 is 0 Å². The summed E-state index contributed by atoms with van der Waals surface area (Å²) >= 11 is 0. The normalized spacial score (nSPS) is 23.4. The molecule has 8 nitrogen and oxygen atoms in total. The molecule has 0 aromatic carbocycles. The monoisotopic (exact) mass is 383 g/mol. The number of hydrogen-bond donors (Lipinski definition) is 0. The van der Waals surface area contributed by atoms with Crippen molar-refractivity contribution in [3.63, 3.8) is 0 Å². The quantitative estimate of drug-likeness (QED) is 0.693. The molecule has 2 aliphatic rings. The van der Waals surface area contributed by atoms with E-state index in [0.717, 1.165) is 0 Å². The maximum atomic E-state index is 12.8. The summed E-state index contributed by atoms with van der Waals surface area (Å²) in [6, 6.07) is 3.01. The van der Waals surface area contributed by atoms with Gasteiger partial charge in [-0.15, -0.1) is 0 Å². The highest BCUT2D eigenvalue weighted by atomic mass is 32.2. The van der Waals surface area contributed by atoms with Crippen LogP contribution in [0.25, 0.3) is 0 Å². The Bertz CT molecular complexity index is 755. The third kappa shape index (κ3) is 3.56. The van der Waals surface area contributed by atoms with Crippen LogP contribution in [0.4, 0.5) is 0 Å². The van der Waals surface area contributed by atoms with E-state index in [4.69, 9.17) is 9.47 Å². The highest BCUT2D eigenvalue weighted by molar-refractivity contribution is 7.89. The van der Waals surface area contributed by atoms with Gasteiger partial charge in [0.25, 0.3) is 0 Å². The highest BCUT2D eigenvalue weighted by Crippen LogP contribution is 2.44. The Morgan fingerprint density at radius 2 is 2.04 bits per heavy atom. The van der Waals surface area contributed by atoms with Crippen molar-refractivity contribution < 1.29 is 22.7 Å². The molecule has 0 bridgehead atoms. The largest absolute Gasteiger partial charge is 0.481 e. The van der Waals surface area contributed by atoms with Crippen molar-refractivity contribution in [3.8, 4) is 5.88 Å². The van der Waals surface area contributed by atoms with Gasteiger partial charge in [0.05, 0.1) is 18.7 Å². The molecule has 2 saturated heterocycles. The number of hydrogen-bond acceptors (Lipinski definition) is 7. The van der Waals surface area contributed by atoms with Gasteiger partial charge in [0.15, 0.2) is 0 Å². The van der Waals surface area contributed by atoms with Crippen LogP contribution in [0.15, 0.2) is 23.2 Å². The van der Waals surface area contributed by atoms with E-state index in [2.05, 4.69) is 4.98 Å². The average Bonchev–Trinajstić information content (AvgIpc) is 2.89. The number of esters is 1. The zero-order valence-electron chi connectivity index (χ0n) is 15.3. The summed E-state index contributed by atoms with van der Waals surface area (Å²) in [5.41, 5.74) is -0.551. The maximum absolute atomic E-state index is 12.8. The van der Waals surface area contributed by atoms with Crippen LogP contribution in [0, 0.1) is 5.41 Å². The Labute approximate surface area is 154 Å². The molecule has 26 heavy (non-hydrogen) atoms. The molecule has 9 heteroatoms. The second-order valence-electron chi connectivity index (χ2n) is 7.21. The van der Waals surface area contributed by atoms with Gasteiger partial charge >= 0.3 is 5.97 Å². The van der Waals surface area contributed by atoms with Crippen LogP contribution in [0.1, 0.15) is 19.3 Å². The second kappa shape index (κ2) is 7.13. The van der Waals surface area contributed by atoms with Gasteiger partial charge in [0.1, 0.15) is 11.0 Å². The lowest BCUT2D eigenvalue weighted by Gasteiger charge is -2.35. The standard InChI is InChI=1S/C17H25N3O5S/c1-19(2)12-13-10-17(16(21)25-13)6-8-20(9-7-17)26(22,23)14-4-5-15(24-3)18-11-14/h4-5,11,13H,6-10,12H2,1-3H3. The Morgan fingerprint density at radius 3 is 2.58 bits per heavy atom. The topological polar surface area (TPSA) is 89.0 Å². The Balaban J connectivity index is 1.68. The van der Waals surface area contributed by atoms with Crippen molar-refractivity contribution in [2.75, 3.05) is 40.8 Å². The lowest BCUT2D eigenvalue weighted by Crippen LogP contribution is -2.45. The maximum Gasteiger partial charge on any atom is 0.312 e. The van der Waals surface area contributed by atoms with Gasteiger partial charge in [-0.3, -0.25) is 4.79 Å². The summed E-state index contributed by atoms with van der Waals surface area (Å²) in [7, 11) is 1.73. The smallest absolute Gasteiger partial charge is 0.312 e. The number of cyclic esters (lactones) is 1. The minimum absolute atomic E-state index is 0.119. The molecule has 0 saturated carbocycles. The minimum Gasteiger partial charge on any atom is -0.481 e. The summed E-state index contributed by atoms with van der Waals surface area (Å²) in [4.78, 5) is 18.5. The van der Waals surface area contributed by atoms with Gasteiger partial charge in [0.2, 0.25) is 15.9 Å². The molecular formula is C17H25N3O5S. The Hall–Kier alpha value is -1.71. The molecular weight excluding hydrogens is 358 g/mol. The Kier molecular flexibility index (Phi) is 5.23. The lowest BCUT2D eigenvalue weighted by atomic mass is 9.76. The number of carbonyl (C=O) groups excluding carboxylic acids is 1. The van der Waals surface area contributed by atoms with Crippen molar-refractivity contribution in [2.45, 2.75) is 30.3 Å². The van der Waals surface area contributed by atoms with E-state index in [1.54, 1.807) is 0 Å². The van der Waals surface area contributed by atoms with Crippen molar-refractivity contribution in [3.05, 3.63) is 18.3 Å². The van der Waals surface area contributed by atoms with E-state index in [0.29, 0.717) is 44.8 Å². The summed E-state index contributed by atoms with van der Waals surface area (Å²) in [6.07, 6.45) is 2.81. The Morgan fingerprint density at radius 1 is 1.35 bits per heavy atom. The first kappa shape index (κ1) is 19.1. The SMILES string of the molecule is COc1ccc(S(=O)(=O)N2CCC3(CC2)CC(CN(C)C)OC3=O)cn1. The van der Waals surface area contributed by atoms with Crippen LogP contribution in [0.2, 0.25) is 0 Å². The van der Waals surface area contributed by atoms with E-state index in [1.807, 2.05) is 19.0 Å². The average molecular weight is 383 g/mol. The van der Waals surface area contributed by atoms with Crippen LogP contribution in [0.3, 0.4) is 0 Å². The molecule has 0 N–H and O–H groups in total. The molecule has 1 atom stereocenters. The molecule has 3 rings (SSSR count). The van der Waals surface area contributed by atoms with E-state index in [1.165, 1.54) is 29.7 Å². The van der Waals surface area contributed by atoms with E-state index < -0.39 is 15.4 Å². The molecule has 0 radical (unpaired) electrons. The van der Waals surface area contributed by atoms with Crippen molar-refractivity contribution in [2.24, 2.45) is 5.41 Å². The van der Waals surface area contributed by atoms with Gasteiger partial charge in [-0.25, -0.2) is 13.4 Å². The van der Waals surface area contributed by atoms with Crippen LogP contribution < -0.4 is 4.74 Å². The van der Waals surface area contributed by atoms with Gasteiger partial charge < -0.3 is 14.4 Å². The van der Waals surface area contributed by atoms with Crippen LogP contribution in [0.5, 0.6) is 5.88 Å². The fourth-order valence-electron chi connectivity index (χ4n) is 3.70. The highest BCUT2D eigenvalue weighted by Gasteiger charge is 2.51. The molecule has 1 spiro atoms. The number of aromatic nitrogens is 1. The molecule has 3 heterocycles. The van der Waals surface area contributed by atoms with Crippen molar-refractivity contribution in [1.29, 1.82) is 0 Å². The number of methoxy groups -OCH3 is 1. The zero-order valence-corrected chi connectivity index (χ0v) is 16.2. The number of piperidine rings is 1. The molecule has 144 valence electrons. The molecule has 2 aliphatic heterocycles. The first-order valence-corrected chi connectivity index (χ1v) is 10.1. The van der Waals surface area contributed by atoms with Crippen LogP contribution >= 0.6 is 0 Å². The minimum atomic E-state index is -3.63. The lowest BCUT2D eigenvalue weighted by molar-refractivity contribution is -0.150. The van der Waals surface area contributed by atoms with Gasteiger partial charge in [0, 0.05) is 32.1 Å². The number of sulfonamides is 1. The number of carbonyl (C=O) groups is 1. The summed E-state index contributed by atoms with van der Waals surface area (Å²) in [5, 5.41) is 0. The molecule has 0 aliphatic carbocycles. The predicted molar refractivity (Wildman–Crippen MR) is 94.3 cm³/mol. The fraction of sp³-hybridized carbons (Fsp3) is 0.647. The summed E-state index contributed by atoms with van der Waals surface area (Å²) in [5.74, 6) is 0.176. The number of nitrogens with zero attached hydrogens (tertiary/aromatic N) is 3. The summed E-state index contributed by atoms with van der Waals surface area (Å²) < 4.78 is 37.5. The third-order valence-corrected chi connectivity index (χ3v) is 7.01. The van der Waals surface area contributed by atoms with Gasteiger partial charge in [-0.1, -0.05) is 0 Å². The first-order chi connectivity index (χ1) is 12.3. The first-order valence-electron chi connectivity index (χ1n) is 8.63. The second-order valence-corrected chi connectivity index (χ2v) is 9.15. The third-order valence-electron chi connectivity index (χ3n) is 5.13.